The van der Waals surface area contributed by atoms with E-state index in [1.54, 1.807) is 6.07 Å². The van der Waals surface area contributed by atoms with Gasteiger partial charge in [0.15, 0.2) is 23.0 Å². The van der Waals surface area contributed by atoms with Gasteiger partial charge in [-0.1, -0.05) is 35.5 Å². The second-order valence-electron chi connectivity index (χ2n) is 7.13. The fourth-order valence-electron chi connectivity index (χ4n) is 3.91. The number of nitrogens with zero attached hydrogens (tertiary/aromatic N) is 2. The molecule has 3 aromatic rings. The van der Waals surface area contributed by atoms with E-state index in [2.05, 4.69) is 17.3 Å². The predicted octanol–water partition coefficient (Wildman–Crippen LogP) is 3.92. The van der Waals surface area contributed by atoms with Crippen LogP contribution >= 0.6 is 0 Å². The molecule has 28 heavy (non-hydrogen) atoms. The van der Waals surface area contributed by atoms with Gasteiger partial charge in [-0.3, -0.25) is 4.79 Å². The van der Waals surface area contributed by atoms with Crippen LogP contribution in [0.15, 0.2) is 59.1 Å². The molecule has 1 saturated heterocycles. The summed E-state index contributed by atoms with van der Waals surface area (Å²) < 4.78 is 16.2. The van der Waals surface area contributed by atoms with Crippen LogP contribution in [0.25, 0.3) is 11.3 Å². The van der Waals surface area contributed by atoms with Crippen molar-refractivity contribution >= 4 is 5.91 Å². The molecule has 0 N–H and O–H groups in total. The second kappa shape index (κ2) is 7.03. The van der Waals surface area contributed by atoms with Crippen LogP contribution < -0.4 is 9.47 Å². The summed E-state index contributed by atoms with van der Waals surface area (Å²) in [6.45, 7) is 0.971. The minimum atomic E-state index is -0.0748. The van der Waals surface area contributed by atoms with Crippen LogP contribution in [0, 0.1) is 0 Å². The van der Waals surface area contributed by atoms with E-state index in [9.17, 15) is 4.79 Å². The Labute approximate surface area is 162 Å². The van der Waals surface area contributed by atoms with Gasteiger partial charge >= 0.3 is 0 Å². The third-order valence-corrected chi connectivity index (χ3v) is 5.34. The summed E-state index contributed by atoms with van der Waals surface area (Å²) in [5.41, 5.74) is 2.39. The number of benzene rings is 2. The van der Waals surface area contributed by atoms with E-state index in [0.29, 0.717) is 23.0 Å². The molecular formula is C22H20N2O4. The molecule has 1 aromatic heterocycles. The first kappa shape index (κ1) is 16.9. The van der Waals surface area contributed by atoms with E-state index in [1.165, 1.54) is 5.56 Å². The molecule has 0 radical (unpaired) electrons. The maximum atomic E-state index is 13.0. The zero-order valence-corrected chi connectivity index (χ0v) is 15.3. The topological polar surface area (TPSA) is 64.8 Å². The van der Waals surface area contributed by atoms with E-state index >= 15 is 0 Å². The zero-order valence-electron chi connectivity index (χ0n) is 15.3. The molecule has 5 rings (SSSR count). The van der Waals surface area contributed by atoms with Crippen molar-refractivity contribution in [2.24, 2.45) is 0 Å². The lowest BCUT2D eigenvalue weighted by Crippen LogP contribution is -2.37. The number of amides is 1. The smallest absolute Gasteiger partial charge is 0.276 e. The number of hydrogen-bond acceptors (Lipinski definition) is 5. The second-order valence-corrected chi connectivity index (χ2v) is 7.13. The van der Waals surface area contributed by atoms with Gasteiger partial charge in [0.1, 0.15) is 0 Å². The molecule has 1 amide bonds. The summed E-state index contributed by atoms with van der Waals surface area (Å²) in [7, 11) is 0. The number of fused-ring (bicyclic) bond motifs is 1. The molecule has 6 nitrogen and oxygen atoms in total. The Hall–Kier alpha value is -3.28. The highest BCUT2D eigenvalue weighted by atomic mass is 16.7. The van der Waals surface area contributed by atoms with Crippen molar-refractivity contribution in [3.05, 3.63) is 65.9 Å². The fourth-order valence-corrected chi connectivity index (χ4v) is 3.91. The molecule has 2 aliphatic heterocycles. The first-order valence-electron chi connectivity index (χ1n) is 9.49. The molecule has 2 aliphatic rings. The van der Waals surface area contributed by atoms with Gasteiger partial charge in [0, 0.05) is 24.2 Å². The standard InChI is InChI=1S/C22H20N2O4/c25-22(24-10-4-7-17(24)11-15-5-2-1-3-6-15)18-13-20(28-23-18)16-8-9-19-21(12-16)27-14-26-19/h1-3,5-6,8-9,12-13,17H,4,7,10-11,14H2. The van der Waals surface area contributed by atoms with Crippen molar-refractivity contribution in [3.63, 3.8) is 0 Å². The van der Waals surface area contributed by atoms with Gasteiger partial charge < -0.3 is 18.9 Å². The minimum Gasteiger partial charge on any atom is -0.454 e. The van der Waals surface area contributed by atoms with Crippen LogP contribution in [0.2, 0.25) is 0 Å². The molecule has 1 fully saturated rings. The predicted molar refractivity (Wildman–Crippen MR) is 102 cm³/mol. The van der Waals surface area contributed by atoms with Crippen molar-refractivity contribution in [2.75, 3.05) is 13.3 Å². The van der Waals surface area contributed by atoms with E-state index in [1.807, 2.05) is 41.3 Å². The van der Waals surface area contributed by atoms with Gasteiger partial charge in [-0.2, -0.15) is 0 Å². The van der Waals surface area contributed by atoms with Gasteiger partial charge in [0.25, 0.3) is 5.91 Å². The summed E-state index contributed by atoms with van der Waals surface area (Å²) in [6, 6.07) is 17.7. The third kappa shape index (κ3) is 3.11. The van der Waals surface area contributed by atoms with Gasteiger partial charge in [0.05, 0.1) is 0 Å². The van der Waals surface area contributed by atoms with Gasteiger partial charge in [0.2, 0.25) is 6.79 Å². The van der Waals surface area contributed by atoms with Crippen LogP contribution in [0.5, 0.6) is 11.5 Å². The normalized spacial score (nSPS) is 17.9. The first-order valence-corrected chi connectivity index (χ1v) is 9.49. The minimum absolute atomic E-state index is 0.0748. The third-order valence-electron chi connectivity index (χ3n) is 5.34. The summed E-state index contributed by atoms with van der Waals surface area (Å²) in [4.78, 5) is 15.0. The molecule has 0 spiro atoms. The lowest BCUT2D eigenvalue weighted by atomic mass is 10.0. The number of aromatic nitrogens is 1. The van der Waals surface area contributed by atoms with Crippen LogP contribution in [0.4, 0.5) is 0 Å². The molecular weight excluding hydrogens is 356 g/mol. The van der Waals surface area contributed by atoms with Crippen molar-refractivity contribution in [3.8, 4) is 22.8 Å². The van der Waals surface area contributed by atoms with Crippen LogP contribution in [-0.4, -0.2) is 35.3 Å². The van der Waals surface area contributed by atoms with Gasteiger partial charge in [-0.05, 0) is 43.0 Å². The Morgan fingerprint density at radius 1 is 1.07 bits per heavy atom. The Bertz CT molecular complexity index is 999. The highest BCUT2D eigenvalue weighted by Gasteiger charge is 2.31. The number of ether oxygens (including phenoxy) is 2. The maximum Gasteiger partial charge on any atom is 0.276 e. The Morgan fingerprint density at radius 2 is 1.93 bits per heavy atom. The number of hydrogen-bond donors (Lipinski definition) is 0. The van der Waals surface area contributed by atoms with Crippen molar-refractivity contribution < 1.29 is 18.8 Å². The Kier molecular flexibility index (Phi) is 4.24. The average Bonchev–Trinajstić information content (AvgIpc) is 3.48. The Morgan fingerprint density at radius 3 is 2.82 bits per heavy atom. The monoisotopic (exact) mass is 376 g/mol. The lowest BCUT2D eigenvalue weighted by Gasteiger charge is -2.23. The zero-order chi connectivity index (χ0) is 18.9. The van der Waals surface area contributed by atoms with E-state index in [-0.39, 0.29) is 18.7 Å². The van der Waals surface area contributed by atoms with Crippen molar-refractivity contribution in [2.45, 2.75) is 25.3 Å². The van der Waals surface area contributed by atoms with Crippen molar-refractivity contribution in [1.82, 2.24) is 10.1 Å². The molecule has 142 valence electrons. The SMILES string of the molecule is O=C(c1cc(-c2ccc3c(c2)OCO3)on1)N1CCCC1Cc1ccccc1. The van der Waals surface area contributed by atoms with E-state index in [4.69, 9.17) is 14.0 Å². The summed E-state index contributed by atoms with van der Waals surface area (Å²) in [5.74, 6) is 1.85. The quantitative estimate of drug-likeness (QED) is 0.691. The summed E-state index contributed by atoms with van der Waals surface area (Å²) in [6.07, 6.45) is 2.88. The summed E-state index contributed by atoms with van der Waals surface area (Å²) >= 11 is 0. The number of rotatable bonds is 4. The molecule has 3 heterocycles. The number of carbonyl (C=O) groups excluding carboxylic acids is 1. The molecule has 0 aliphatic carbocycles. The largest absolute Gasteiger partial charge is 0.454 e. The van der Waals surface area contributed by atoms with E-state index in [0.717, 1.165) is 31.4 Å². The first-order chi connectivity index (χ1) is 13.8. The molecule has 0 saturated carbocycles. The Balaban J connectivity index is 1.34. The van der Waals surface area contributed by atoms with Crippen molar-refractivity contribution in [1.29, 1.82) is 0 Å². The van der Waals surface area contributed by atoms with Crippen LogP contribution in [0.1, 0.15) is 28.9 Å². The molecule has 0 bridgehead atoms. The number of carbonyl (C=O) groups is 1. The average molecular weight is 376 g/mol. The van der Waals surface area contributed by atoms with Crippen LogP contribution in [-0.2, 0) is 6.42 Å². The highest BCUT2D eigenvalue weighted by Crippen LogP contribution is 2.36. The maximum absolute atomic E-state index is 13.0. The fraction of sp³-hybridized carbons (Fsp3) is 0.273. The lowest BCUT2D eigenvalue weighted by molar-refractivity contribution is 0.0726. The van der Waals surface area contributed by atoms with E-state index < -0.39 is 0 Å². The highest BCUT2D eigenvalue weighted by molar-refractivity contribution is 5.93. The molecule has 2 aromatic carbocycles. The van der Waals surface area contributed by atoms with Gasteiger partial charge in [-0.15, -0.1) is 0 Å². The molecule has 6 heteroatoms. The molecule has 1 unspecified atom stereocenters. The number of likely N-dealkylation sites (tertiary alicyclic amines) is 1. The summed E-state index contributed by atoms with van der Waals surface area (Å²) in [5, 5.41) is 4.03. The van der Waals surface area contributed by atoms with Crippen LogP contribution in [0.3, 0.4) is 0 Å². The van der Waals surface area contributed by atoms with Gasteiger partial charge in [-0.25, -0.2) is 0 Å². The molecule has 1 atom stereocenters.